The molecule has 3 aromatic carbocycles. The lowest BCUT2D eigenvalue weighted by atomic mass is 10.0. The summed E-state index contributed by atoms with van der Waals surface area (Å²) in [5.41, 5.74) is 2.39. The van der Waals surface area contributed by atoms with Gasteiger partial charge in [0, 0.05) is 27.8 Å². The van der Waals surface area contributed by atoms with Crippen molar-refractivity contribution in [3.05, 3.63) is 98.3 Å². The summed E-state index contributed by atoms with van der Waals surface area (Å²) in [5, 5.41) is 16.1. The second kappa shape index (κ2) is 9.17. The van der Waals surface area contributed by atoms with Crippen molar-refractivity contribution in [1.29, 1.82) is 5.26 Å². The van der Waals surface area contributed by atoms with E-state index >= 15 is 0 Å². The number of hydrogen-bond acceptors (Lipinski definition) is 7. The van der Waals surface area contributed by atoms with Crippen LogP contribution < -0.4 is 10.4 Å². The summed E-state index contributed by atoms with van der Waals surface area (Å²) >= 11 is 7.70. The van der Waals surface area contributed by atoms with Gasteiger partial charge in [-0.05, 0) is 47.2 Å². The number of halogens is 1. The lowest BCUT2D eigenvalue weighted by Gasteiger charge is -2.05. The Hall–Kier alpha value is -4.51. The molecule has 6 aromatic rings. The molecule has 178 valence electrons. The molecule has 37 heavy (non-hydrogen) atoms. The van der Waals surface area contributed by atoms with Crippen LogP contribution in [-0.2, 0) is 0 Å². The largest absolute Gasteiger partial charge is 0.497 e. The quantitative estimate of drug-likeness (QED) is 0.104. The van der Waals surface area contributed by atoms with E-state index in [0.717, 1.165) is 21.5 Å². The molecule has 0 radical (unpaired) electrons. The molecule has 0 amide bonds. The summed E-state index contributed by atoms with van der Waals surface area (Å²) in [4.78, 5) is 21.8. The molecule has 0 fully saturated rings. The number of nitrogens with zero attached hydrogens (tertiary/aromatic N) is 3. The Balaban J connectivity index is 1.42. The zero-order valence-electron chi connectivity index (χ0n) is 19.4. The first kappa shape index (κ1) is 22.9. The fourth-order valence-electron chi connectivity index (χ4n) is 4.24. The highest BCUT2D eigenvalue weighted by molar-refractivity contribution is 7.11. The Morgan fingerprint density at radius 3 is 2.73 bits per heavy atom. The first-order valence-corrected chi connectivity index (χ1v) is 12.5. The Morgan fingerprint density at radius 1 is 1.05 bits per heavy atom. The van der Waals surface area contributed by atoms with Crippen molar-refractivity contribution >= 4 is 67.2 Å². The van der Waals surface area contributed by atoms with Crippen molar-refractivity contribution in [2.45, 2.75) is 0 Å². The van der Waals surface area contributed by atoms with E-state index in [1.807, 2.05) is 48.5 Å². The molecular formula is C29H16ClN3O3S. The van der Waals surface area contributed by atoms with Gasteiger partial charge in [-0.3, -0.25) is 0 Å². The minimum Gasteiger partial charge on any atom is -0.497 e. The SMILES string of the molecule is COc1ccc2cc(C=C(C#N)c3nc(-c4cc5c(ccc6ccccc65)oc4=O)cs3)c(Cl)nc2c1. The van der Waals surface area contributed by atoms with Gasteiger partial charge in [0.2, 0.25) is 0 Å². The van der Waals surface area contributed by atoms with Crippen LogP contribution >= 0.6 is 22.9 Å². The number of ether oxygens (including phenoxy) is 1. The minimum atomic E-state index is -0.487. The highest BCUT2D eigenvalue weighted by Crippen LogP contribution is 2.32. The minimum absolute atomic E-state index is 0.257. The van der Waals surface area contributed by atoms with Gasteiger partial charge in [0.1, 0.15) is 27.6 Å². The summed E-state index contributed by atoms with van der Waals surface area (Å²) in [6, 6.07) is 23.0. The van der Waals surface area contributed by atoms with Gasteiger partial charge in [0.25, 0.3) is 0 Å². The average Bonchev–Trinajstić information content (AvgIpc) is 3.40. The number of benzene rings is 3. The zero-order chi connectivity index (χ0) is 25.5. The fraction of sp³-hybridized carbons (Fsp3) is 0.0345. The lowest BCUT2D eigenvalue weighted by molar-refractivity contribution is 0.415. The van der Waals surface area contributed by atoms with E-state index < -0.39 is 5.63 Å². The number of allylic oxidation sites excluding steroid dienone is 1. The number of thiazole rings is 1. The third kappa shape index (κ3) is 4.12. The molecule has 6 rings (SSSR count). The van der Waals surface area contributed by atoms with E-state index in [0.29, 0.717) is 44.3 Å². The first-order valence-electron chi connectivity index (χ1n) is 11.2. The first-order chi connectivity index (χ1) is 18.0. The van der Waals surface area contributed by atoms with Crippen LogP contribution in [0.15, 0.2) is 81.3 Å². The second-order valence-corrected chi connectivity index (χ2v) is 9.50. The number of fused-ring (bicyclic) bond motifs is 4. The zero-order valence-corrected chi connectivity index (χ0v) is 20.9. The summed E-state index contributed by atoms with van der Waals surface area (Å²) in [5.74, 6) is 0.679. The number of hydrogen-bond donors (Lipinski definition) is 0. The molecule has 0 bridgehead atoms. The van der Waals surface area contributed by atoms with Crippen LogP contribution in [0.5, 0.6) is 5.75 Å². The Morgan fingerprint density at radius 2 is 1.89 bits per heavy atom. The number of pyridine rings is 1. The van der Waals surface area contributed by atoms with Gasteiger partial charge < -0.3 is 9.15 Å². The summed E-state index contributed by atoms with van der Waals surface area (Å²) in [6.07, 6.45) is 1.65. The number of rotatable bonds is 4. The molecule has 6 nitrogen and oxygen atoms in total. The van der Waals surface area contributed by atoms with Crippen LogP contribution in [0, 0.1) is 11.3 Å². The van der Waals surface area contributed by atoms with Gasteiger partial charge in [-0.2, -0.15) is 5.26 Å². The van der Waals surface area contributed by atoms with Crippen LogP contribution in [0.2, 0.25) is 5.15 Å². The summed E-state index contributed by atoms with van der Waals surface area (Å²) in [6.45, 7) is 0. The van der Waals surface area contributed by atoms with E-state index in [9.17, 15) is 10.1 Å². The molecule has 3 heterocycles. The van der Waals surface area contributed by atoms with E-state index in [4.69, 9.17) is 20.8 Å². The van der Waals surface area contributed by atoms with Crippen molar-refractivity contribution < 1.29 is 9.15 Å². The van der Waals surface area contributed by atoms with E-state index in [2.05, 4.69) is 16.0 Å². The van der Waals surface area contributed by atoms with Crippen LogP contribution in [0.4, 0.5) is 0 Å². The van der Waals surface area contributed by atoms with Gasteiger partial charge in [-0.15, -0.1) is 11.3 Å². The molecule has 0 aliphatic heterocycles. The van der Waals surface area contributed by atoms with E-state index in [1.165, 1.54) is 11.3 Å². The molecule has 0 unspecified atom stereocenters. The molecule has 0 atom stereocenters. The third-order valence-electron chi connectivity index (χ3n) is 6.08. The third-order valence-corrected chi connectivity index (χ3v) is 7.26. The van der Waals surface area contributed by atoms with Crippen molar-refractivity contribution in [3.8, 4) is 23.1 Å². The fourth-order valence-corrected chi connectivity index (χ4v) is 5.22. The molecule has 0 aliphatic carbocycles. The smallest absolute Gasteiger partial charge is 0.345 e. The number of nitriles is 1. The average molecular weight is 522 g/mol. The maximum atomic E-state index is 12.8. The standard InChI is InChI=1S/C29H16ClN3O3S/c1-35-20-8-6-17-10-18(27(30)32-24(17)12-20)11-19(14-31)28-33-25(15-37-28)23-13-22-21-5-3-2-4-16(21)7-9-26(22)36-29(23)34/h2-13,15H,1H3. The predicted octanol–water partition coefficient (Wildman–Crippen LogP) is 7.34. The highest BCUT2D eigenvalue weighted by Gasteiger charge is 2.16. The Bertz CT molecular complexity index is 1990. The van der Waals surface area contributed by atoms with Gasteiger partial charge in [-0.1, -0.05) is 41.9 Å². The van der Waals surface area contributed by atoms with Gasteiger partial charge >= 0.3 is 5.63 Å². The van der Waals surface area contributed by atoms with E-state index in [1.54, 1.807) is 36.8 Å². The summed E-state index contributed by atoms with van der Waals surface area (Å²) < 4.78 is 10.9. The number of aromatic nitrogens is 2. The predicted molar refractivity (Wildman–Crippen MR) is 148 cm³/mol. The maximum absolute atomic E-state index is 12.8. The van der Waals surface area contributed by atoms with Crippen molar-refractivity contribution in [2.75, 3.05) is 7.11 Å². The van der Waals surface area contributed by atoms with Crippen LogP contribution in [0.3, 0.4) is 0 Å². The number of methoxy groups -OCH3 is 1. The van der Waals surface area contributed by atoms with Gasteiger partial charge in [-0.25, -0.2) is 14.8 Å². The van der Waals surface area contributed by atoms with Crippen molar-refractivity contribution in [1.82, 2.24) is 9.97 Å². The maximum Gasteiger partial charge on any atom is 0.345 e. The Labute approximate surface area is 219 Å². The molecule has 0 N–H and O–H groups in total. The van der Waals surface area contributed by atoms with Gasteiger partial charge in [0.05, 0.1) is 29.5 Å². The van der Waals surface area contributed by atoms with Crippen molar-refractivity contribution in [2.24, 2.45) is 0 Å². The molecule has 3 aromatic heterocycles. The van der Waals surface area contributed by atoms with E-state index in [-0.39, 0.29) is 5.15 Å². The Kier molecular flexibility index (Phi) is 5.68. The van der Waals surface area contributed by atoms with Crippen molar-refractivity contribution in [3.63, 3.8) is 0 Å². The van der Waals surface area contributed by atoms with Crippen LogP contribution in [-0.4, -0.2) is 17.1 Å². The molecule has 0 aliphatic rings. The van der Waals surface area contributed by atoms with Crippen LogP contribution in [0.25, 0.3) is 55.6 Å². The normalized spacial score (nSPS) is 11.8. The van der Waals surface area contributed by atoms with Gasteiger partial charge in [0.15, 0.2) is 0 Å². The molecule has 0 saturated carbocycles. The highest BCUT2D eigenvalue weighted by atomic mass is 35.5. The monoisotopic (exact) mass is 521 g/mol. The molecule has 0 spiro atoms. The topological polar surface area (TPSA) is 89.0 Å². The second-order valence-electron chi connectivity index (χ2n) is 8.28. The molecule has 0 saturated heterocycles. The molecular weight excluding hydrogens is 506 g/mol. The lowest BCUT2D eigenvalue weighted by Crippen LogP contribution is -2.03. The molecule has 8 heteroatoms. The van der Waals surface area contributed by atoms with Crippen LogP contribution in [0.1, 0.15) is 10.6 Å². The summed E-state index contributed by atoms with van der Waals surface area (Å²) in [7, 11) is 1.59.